The van der Waals surface area contributed by atoms with Crippen molar-refractivity contribution in [2.24, 2.45) is 0 Å². The van der Waals surface area contributed by atoms with Gasteiger partial charge in [-0.2, -0.15) is 5.10 Å². The van der Waals surface area contributed by atoms with Crippen LogP contribution < -0.4 is 16.2 Å². The molecule has 1 heterocycles. The number of carbonyl (C=O) groups is 2. The molecule has 1 aromatic heterocycles. The van der Waals surface area contributed by atoms with Crippen LogP contribution in [0.4, 0.5) is 5.69 Å². The van der Waals surface area contributed by atoms with E-state index in [-0.39, 0.29) is 17.2 Å². The van der Waals surface area contributed by atoms with Crippen molar-refractivity contribution in [3.05, 3.63) is 58.0 Å². The first-order valence-electron chi connectivity index (χ1n) is 7.26. The molecule has 2 rings (SSSR count). The largest absolute Gasteiger partial charge is 0.355 e. The van der Waals surface area contributed by atoms with Gasteiger partial charge in [-0.15, -0.1) is 0 Å². The normalized spacial score (nSPS) is 10.2. The number of aromatic nitrogens is 2. The first-order valence-corrected chi connectivity index (χ1v) is 7.26. The van der Waals surface area contributed by atoms with Crippen molar-refractivity contribution in [3.63, 3.8) is 0 Å². The maximum absolute atomic E-state index is 12.2. The average Bonchev–Trinajstić information content (AvgIpc) is 2.56. The first-order chi connectivity index (χ1) is 11.0. The molecule has 0 aliphatic carbocycles. The molecular weight excluding hydrogens is 296 g/mol. The van der Waals surface area contributed by atoms with Crippen molar-refractivity contribution < 1.29 is 9.59 Å². The summed E-state index contributed by atoms with van der Waals surface area (Å²) < 4.78 is 1.26. The maximum Gasteiger partial charge on any atom is 0.276 e. The number of amides is 2. The molecule has 0 atom stereocenters. The molecule has 23 heavy (non-hydrogen) atoms. The minimum absolute atomic E-state index is 0.142. The van der Waals surface area contributed by atoms with E-state index < -0.39 is 5.91 Å². The predicted molar refractivity (Wildman–Crippen MR) is 86.6 cm³/mol. The molecule has 0 radical (unpaired) electrons. The Morgan fingerprint density at radius 1 is 1.17 bits per heavy atom. The molecule has 0 unspecified atom stereocenters. The summed E-state index contributed by atoms with van der Waals surface area (Å²) in [5.41, 5.74) is 0.814. The van der Waals surface area contributed by atoms with Gasteiger partial charge in [-0.25, -0.2) is 4.68 Å². The summed E-state index contributed by atoms with van der Waals surface area (Å²) in [7, 11) is 1.54. The summed E-state index contributed by atoms with van der Waals surface area (Å²) in [6.07, 6.45) is 0.742. The lowest BCUT2D eigenvalue weighted by Crippen LogP contribution is -2.26. The Balaban J connectivity index is 2.21. The van der Waals surface area contributed by atoms with Crippen molar-refractivity contribution >= 4 is 17.5 Å². The molecule has 0 saturated carbocycles. The SMILES string of the molecule is CCCn1nc(C(=O)Nc2cccc(C(=O)NC)c2)ccc1=O. The number of aryl methyl sites for hydroxylation is 1. The van der Waals surface area contributed by atoms with Gasteiger partial charge in [-0.1, -0.05) is 13.0 Å². The molecule has 0 aliphatic rings. The van der Waals surface area contributed by atoms with E-state index in [2.05, 4.69) is 15.7 Å². The lowest BCUT2D eigenvalue weighted by Gasteiger charge is -2.08. The fraction of sp³-hybridized carbons (Fsp3) is 0.250. The topological polar surface area (TPSA) is 93.1 Å². The van der Waals surface area contributed by atoms with Crippen LogP contribution in [0, 0.1) is 0 Å². The number of hydrogen-bond acceptors (Lipinski definition) is 4. The highest BCUT2D eigenvalue weighted by Gasteiger charge is 2.11. The molecule has 2 amide bonds. The van der Waals surface area contributed by atoms with E-state index in [9.17, 15) is 14.4 Å². The van der Waals surface area contributed by atoms with Crippen LogP contribution in [0.5, 0.6) is 0 Å². The van der Waals surface area contributed by atoms with Crippen LogP contribution in [0.2, 0.25) is 0 Å². The van der Waals surface area contributed by atoms with Crippen molar-refractivity contribution in [1.29, 1.82) is 0 Å². The third-order valence-electron chi connectivity index (χ3n) is 3.14. The van der Waals surface area contributed by atoms with Crippen LogP contribution in [0.3, 0.4) is 0 Å². The number of anilines is 1. The smallest absolute Gasteiger partial charge is 0.276 e. The molecule has 7 nitrogen and oxygen atoms in total. The van der Waals surface area contributed by atoms with Gasteiger partial charge in [0.1, 0.15) is 5.69 Å². The second-order valence-electron chi connectivity index (χ2n) is 4.89. The van der Waals surface area contributed by atoms with Gasteiger partial charge in [-0.05, 0) is 30.7 Å². The van der Waals surface area contributed by atoms with Gasteiger partial charge in [0.05, 0.1) is 0 Å². The van der Waals surface area contributed by atoms with Crippen LogP contribution in [-0.4, -0.2) is 28.6 Å². The highest BCUT2D eigenvalue weighted by molar-refractivity contribution is 6.03. The zero-order valence-corrected chi connectivity index (χ0v) is 13.0. The van der Waals surface area contributed by atoms with E-state index in [1.54, 1.807) is 24.3 Å². The Morgan fingerprint density at radius 3 is 2.65 bits per heavy atom. The number of nitrogens with zero attached hydrogens (tertiary/aromatic N) is 2. The lowest BCUT2D eigenvalue weighted by molar-refractivity contribution is 0.0961. The van der Waals surface area contributed by atoms with Crippen LogP contribution in [-0.2, 0) is 6.54 Å². The molecule has 1 aromatic carbocycles. The van der Waals surface area contributed by atoms with Crippen LogP contribution in [0.1, 0.15) is 34.2 Å². The molecule has 0 fully saturated rings. The van der Waals surface area contributed by atoms with Crippen molar-refractivity contribution in [3.8, 4) is 0 Å². The van der Waals surface area contributed by atoms with E-state index in [1.807, 2.05) is 6.92 Å². The predicted octanol–water partition coefficient (Wildman–Crippen LogP) is 1.27. The zero-order valence-electron chi connectivity index (χ0n) is 13.0. The number of rotatable bonds is 5. The number of nitrogens with one attached hydrogen (secondary N) is 2. The fourth-order valence-corrected chi connectivity index (χ4v) is 2.02. The second-order valence-corrected chi connectivity index (χ2v) is 4.89. The van der Waals surface area contributed by atoms with Gasteiger partial charge >= 0.3 is 0 Å². The highest BCUT2D eigenvalue weighted by atomic mass is 16.2. The van der Waals surface area contributed by atoms with E-state index in [4.69, 9.17) is 0 Å². The lowest BCUT2D eigenvalue weighted by atomic mass is 10.2. The van der Waals surface area contributed by atoms with E-state index in [0.29, 0.717) is 17.8 Å². The highest BCUT2D eigenvalue weighted by Crippen LogP contribution is 2.11. The molecular formula is C16H18N4O3. The maximum atomic E-state index is 12.2. The summed E-state index contributed by atoms with van der Waals surface area (Å²) in [6, 6.07) is 9.26. The van der Waals surface area contributed by atoms with Crippen molar-refractivity contribution in [2.75, 3.05) is 12.4 Å². The van der Waals surface area contributed by atoms with Crippen LogP contribution in [0.25, 0.3) is 0 Å². The minimum atomic E-state index is -0.441. The Labute approximate surface area is 133 Å². The number of hydrogen-bond donors (Lipinski definition) is 2. The quantitative estimate of drug-likeness (QED) is 0.869. The van der Waals surface area contributed by atoms with Crippen LogP contribution >= 0.6 is 0 Å². The standard InChI is InChI=1S/C16H18N4O3/c1-3-9-20-14(21)8-7-13(19-20)16(23)18-12-6-4-5-11(10-12)15(22)17-2/h4-8,10H,3,9H2,1-2H3,(H,17,22)(H,18,23). The van der Waals surface area contributed by atoms with Gasteiger partial charge in [-0.3, -0.25) is 14.4 Å². The third-order valence-corrected chi connectivity index (χ3v) is 3.14. The van der Waals surface area contributed by atoms with Gasteiger partial charge in [0.2, 0.25) is 0 Å². The number of benzene rings is 1. The van der Waals surface area contributed by atoms with Crippen molar-refractivity contribution in [1.82, 2.24) is 15.1 Å². The average molecular weight is 314 g/mol. The summed E-state index contributed by atoms with van der Waals surface area (Å²) in [5, 5.41) is 9.23. The molecule has 120 valence electrons. The summed E-state index contributed by atoms with van der Waals surface area (Å²) in [4.78, 5) is 35.5. The third kappa shape index (κ3) is 4.03. The van der Waals surface area contributed by atoms with E-state index in [0.717, 1.165) is 6.42 Å². The van der Waals surface area contributed by atoms with Gasteiger partial charge < -0.3 is 10.6 Å². The molecule has 0 bridgehead atoms. The first kappa shape index (κ1) is 16.4. The summed E-state index contributed by atoms with van der Waals surface area (Å²) >= 11 is 0. The summed E-state index contributed by atoms with van der Waals surface area (Å²) in [5.74, 6) is -0.681. The molecule has 0 spiro atoms. The Hall–Kier alpha value is -2.96. The molecule has 2 aromatic rings. The van der Waals surface area contributed by atoms with E-state index in [1.165, 1.54) is 23.9 Å². The fourth-order valence-electron chi connectivity index (χ4n) is 2.02. The van der Waals surface area contributed by atoms with Crippen molar-refractivity contribution in [2.45, 2.75) is 19.9 Å². The molecule has 0 aliphatic heterocycles. The second kappa shape index (κ2) is 7.35. The Kier molecular flexibility index (Phi) is 5.24. The van der Waals surface area contributed by atoms with E-state index >= 15 is 0 Å². The van der Waals surface area contributed by atoms with Gasteiger partial charge in [0.15, 0.2) is 0 Å². The molecule has 0 saturated heterocycles. The molecule has 7 heteroatoms. The Morgan fingerprint density at radius 2 is 1.96 bits per heavy atom. The number of carbonyl (C=O) groups excluding carboxylic acids is 2. The minimum Gasteiger partial charge on any atom is -0.355 e. The van der Waals surface area contributed by atoms with Gasteiger partial charge in [0, 0.05) is 30.9 Å². The monoisotopic (exact) mass is 314 g/mol. The van der Waals surface area contributed by atoms with Gasteiger partial charge in [0.25, 0.3) is 17.4 Å². The zero-order chi connectivity index (χ0) is 16.8. The molecule has 2 N–H and O–H groups in total. The summed E-state index contributed by atoms with van der Waals surface area (Å²) in [6.45, 7) is 2.37. The Bertz CT molecular complexity index is 783. The van der Waals surface area contributed by atoms with Crippen LogP contribution in [0.15, 0.2) is 41.2 Å².